The fourth-order valence-electron chi connectivity index (χ4n) is 3.72. The normalized spacial score (nSPS) is 33.0. The highest BCUT2D eigenvalue weighted by Crippen LogP contribution is 2.36. The Morgan fingerprint density at radius 2 is 1.84 bits per heavy atom. The lowest BCUT2D eigenvalue weighted by atomic mass is 9.89. The summed E-state index contributed by atoms with van der Waals surface area (Å²) in [6.45, 7) is 4.74. The lowest BCUT2D eigenvalue weighted by Gasteiger charge is -2.38. The zero-order chi connectivity index (χ0) is 13.1. The van der Waals surface area contributed by atoms with E-state index in [4.69, 9.17) is 14.2 Å². The summed E-state index contributed by atoms with van der Waals surface area (Å²) in [5.41, 5.74) is 0. The van der Waals surface area contributed by atoms with E-state index in [0.29, 0.717) is 18.2 Å². The highest BCUT2D eigenvalue weighted by atomic mass is 16.7. The first-order valence-corrected chi connectivity index (χ1v) is 7.97. The maximum absolute atomic E-state index is 5.83. The van der Waals surface area contributed by atoms with E-state index in [1.807, 2.05) is 0 Å². The Morgan fingerprint density at radius 1 is 1.11 bits per heavy atom. The van der Waals surface area contributed by atoms with Crippen molar-refractivity contribution in [3.05, 3.63) is 0 Å². The molecule has 2 heterocycles. The average molecular weight is 269 g/mol. The highest BCUT2D eigenvalue weighted by molar-refractivity contribution is 4.89. The molecule has 2 aliphatic heterocycles. The van der Waals surface area contributed by atoms with Crippen molar-refractivity contribution < 1.29 is 14.2 Å². The first kappa shape index (κ1) is 13.8. The summed E-state index contributed by atoms with van der Waals surface area (Å²) in [7, 11) is 0. The van der Waals surface area contributed by atoms with Gasteiger partial charge in [0, 0.05) is 31.5 Å². The van der Waals surface area contributed by atoms with Gasteiger partial charge in [0.1, 0.15) is 0 Å². The van der Waals surface area contributed by atoms with Crippen molar-refractivity contribution in [3.63, 3.8) is 0 Å². The maximum Gasteiger partial charge on any atom is 0.168 e. The van der Waals surface area contributed by atoms with Crippen LogP contribution in [0.1, 0.15) is 51.9 Å². The molecule has 3 rings (SSSR count). The molecule has 0 aromatic carbocycles. The van der Waals surface area contributed by atoms with Crippen LogP contribution in [0.25, 0.3) is 0 Å². The standard InChI is InChI=1S/C15H27NO3/c1-2-13(14-4-3-9-17-14)16-12-5-7-15(8-6-12)18-10-11-19-15/h12-14,16H,2-11H2,1H3/t13-,14+/m0/s1. The van der Waals surface area contributed by atoms with Crippen LogP contribution >= 0.6 is 0 Å². The van der Waals surface area contributed by atoms with E-state index in [2.05, 4.69) is 12.2 Å². The predicted molar refractivity (Wildman–Crippen MR) is 73.1 cm³/mol. The van der Waals surface area contributed by atoms with E-state index in [0.717, 1.165) is 51.9 Å². The van der Waals surface area contributed by atoms with Crippen LogP contribution in [0.3, 0.4) is 0 Å². The first-order chi connectivity index (χ1) is 9.31. The van der Waals surface area contributed by atoms with Gasteiger partial charge in [-0.15, -0.1) is 0 Å². The van der Waals surface area contributed by atoms with Crippen LogP contribution in [0.2, 0.25) is 0 Å². The first-order valence-electron chi connectivity index (χ1n) is 7.97. The zero-order valence-corrected chi connectivity index (χ0v) is 12.0. The summed E-state index contributed by atoms with van der Waals surface area (Å²) in [4.78, 5) is 0. The number of rotatable bonds is 4. The van der Waals surface area contributed by atoms with Gasteiger partial charge in [-0.3, -0.25) is 0 Å². The molecule has 19 heavy (non-hydrogen) atoms. The predicted octanol–water partition coefficient (Wildman–Crippen LogP) is 2.22. The second-order valence-electron chi connectivity index (χ2n) is 6.11. The molecule has 0 aromatic heterocycles. The summed E-state index contributed by atoms with van der Waals surface area (Å²) in [6.07, 6.45) is 8.40. The summed E-state index contributed by atoms with van der Waals surface area (Å²) in [5, 5.41) is 3.82. The van der Waals surface area contributed by atoms with Crippen LogP contribution in [0, 0.1) is 0 Å². The fraction of sp³-hybridized carbons (Fsp3) is 1.00. The smallest absolute Gasteiger partial charge is 0.168 e. The Hall–Kier alpha value is -0.160. The monoisotopic (exact) mass is 269 g/mol. The van der Waals surface area contributed by atoms with Crippen LogP contribution in [-0.2, 0) is 14.2 Å². The van der Waals surface area contributed by atoms with Gasteiger partial charge in [-0.25, -0.2) is 0 Å². The molecule has 0 bridgehead atoms. The van der Waals surface area contributed by atoms with E-state index in [-0.39, 0.29) is 5.79 Å². The van der Waals surface area contributed by atoms with Gasteiger partial charge < -0.3 is 19.5 Å². The summed E-state index contributed by atoms with van der Waals surface area (Å²) >= 11 is 0. The highest BCUT2D eigenvalue weighted by Gasteiger charge is 2.40. The van der Waals surface area contributed by atoms with E-state index in [1.165, 1.54) is 12.8 Å². The molecule has 1 saturated carbocycles. The molecule has 0 aromatic rings. The number of ether oxygens (including phenoxy) is 3. The molecule has 1 N–H and O–H groups in total. The van der Waals surface area contributed by atoms with Crippen molar-refractivity contribution in [1.82, 2.24) is 5.32 Å². The lowest BCUT2D eigenvalue weighted by Crippen LogP contribution is -2.49. The molecule has 3 fully saturated rings. The van der Waals surface area contributed by atoms with Crippen LogP contribution in [0.4, 0.5) is 0 Å². The maximum atomic E-state index is 5.83. The number of hydrogen-bond acceptors (Lipinski definition) is 4. The third-order valence-corrected chi connectivity index (χ3v) is 4.86. The molecule has 4 nitrogen and oxygen atoms in total. The van der Waals surface area contributed by atoms with Gasteiger partial charge in [0.25, 0.3) is 0 Å². The van der Waals surface area contributed by atoms with Gasteiger partial charge >= 0.3 is 0 Å². The second-order valence-corrected chi connectivity index (χ2v) is 6.11. The third kappa shape index (κ3) is 3.13. The van der Waals surface area contributed by atoms with E-state index in [9.17, 15) is 0 Å². The van der Waals surface area contributed by atoms with E-state index >= 15 is 0 Å². The van der Waals surface area contributed by atoms with Gasteiger partial charge in [0.05, 0.1) is 19.3 Å². The molecular formula is C15H27NO3. The minimum absolute atomic E-state index is 0.232. The fourth-order valence-corrected chi connectivity index (χ4v) is 3.72. The molecule has 0 amide bonds. The third-order valence-electron chi connectivity index (χ3n) is 4.86. The van der Waals surface area contributed by atoms with Crippen LogP contribution in [0.15, 0.2) is 0 Å². The molecule has 2 atom stereocenters. The SMILES string of the molecule is CC[C@H](NC1CCC2(CC1)OCCO2)[C@H]1CCCO1. The molecule has 4 heteroatoms. The Balaban J connectivity index is 1.47. The molecule has 1 spiro atoms. The van der Waals surface area contributed by atoms with Crippen molar-refractivity contribution in [2.24, 2.45) is 0 Å². The van der Waals surface area contributed by atoms with E-state index < -0.39 is 0 Å². The van der Waals surface area contributed by atoms with Crippen LogP contribution in [-0.4, -0.2) is 43.8 Å². The second kappa shape index (κ2) is 6.08. The van der Waals surface area contributed by atoms with Crippen molar-refractivity contribution in [3.8, 4) is 0 Å². The van der Waals surface area contributed by atoms with Gasteiger partial charge in [-0.05, 0) is 32.1 Å². The van der Waals surface area contributed by atoms with E-state index in [1.54, 1.807) is 0 Å². The quantitative estimate of drug-likeness (QED) is 0.849. The van der Waals surface area contributed by atoms with Crippen LogP contribution in [0.5, 0.6) is 0 Å². The average Bonchev–Trinajstić information content (AvgIpc) is 3.10. The van der Waals surface area contributed by atoms with Crippen molar-refractivity contribution in [2.75, 3.05) is 19.8 Å². The molecule has 110 valence electrons. The van der Waals surface area contributed by atoms with Gasteiger partial charge in [0.2, 0.25) is 0 Å². The van der Waals surface area contributed by atoms with Crippen molar-refractivity contribution in [1.29, 1.82) is 0 Å². The molecule has 0 unspecified atom stereocenters. The largest absolute Gasteiger partial charge is 0.377 e. The topological polar surface area (TPSA) is 39.7 Å². The molecule has 0 radical (unpaired) electrons. The molecule has 1 aliphatic carbocycles. The molecule has 2 saturated heterocycles. The Bertz CT molecular complexity index is 275. The minimum Gasteiger partial charge on any atom is -0.377 e. The molecular weight excluding hydrogens is 242 g/mol. The number of hydrogen-bond donors (Lipinski definition) is 1. The Labute approximate surface area is 116 Å². The van der Waals surface area contributed by atoms with Gasteiger partial charge in [-0.2, -0.15) is 0 Å². The Kier molecular flexibility index (Phi) is 4.42. The lowest BCUT2D eigenvalue weighted by molar-refractivity contribution is -0.180. The Morgan fingerprint density at radius 3 is 2.42 bits per heavy atom. The zero-order valence-electron chi connectivity index (χ0n) is 12.0. The summed E-state index contributed by atoms with van der Waals surface area (Å²) in [6, 6.07) is 1.12. The summed E-state index contributed by atoms with van der Waals surface area (Å²) < 4.78 is 17.4. The van der Waals surface area contributed by atoms with Crippen LogP contribution < -0.4 is 5.32 Å². The van der Waals surface area contributed by atoms with Gasteiger partial charge in [-0.1, -0.05) is 6.92 Å². The van der Waals surface area contributed by atoms with Crippen molar-refractivity contribution in [2.45, 2.75) is 75.8 Å². The minimum atomic E-state index is -0.232. The van der Waals surface area contributed by atoms with Crippen molar-refractivity contribution >= 4 is 0 Å². The summed E-state index contributed by atoms with van der Waals surface area (Å²) in [5.74, 6) is -0.232. The number of nitrogens with one attached hydrogen (secondary N) is 1. The van der Waals surface area contributed by atoms with Gasteiger partial charge in [0.15, 0.2) is 5.79 Å². The molecule has 3 aliphatic rings.